The number of nitrogens with zero attached hydrogens (tertiary/aromatic N) is 1. The molecule has 0 spiro atoms. The summed E-state index contributed by atoms with van der Waals surface area (Å²) in [6, 6.07) is 8.10. The Bertz CT molecular complexity index is 601. The average Bonchev–Trinajstić information content (AvgIpc) is 2.59. The van der Waals surface area contributed by atoms with Crippen LogP contribution in [0.5, 0.6) is 0 Å². The highest BCUT2D eigenvalue weighted by atomic mass is 79.9. The molecule has 1 aromatic heterocycles. The fraction of sp³-hybridized carbons (Fsp3) is 0.308. The summed E-state index contributed by atoms with van der Waals surface area (Å²) in [6.07, 6.45) is 0. The van der Waals surface area contributed by atoms with Crippen molar-refractivity contribution in [3.05, 3.63) is 55.9 Å². The van der Waals surface area contributed by atoms with E-state index in [9.17, 15) is 4.79 Å². The first kappa shape index (κ1) is 13.1. The first-order valence-electron chi connectivity index (χ1n) is 5.63. The molecule has 0 atom stereocenters. The van der Waals surface area contributed by atoms with Crippen molar-refractivity contribution in [1.29, 1.82) is 0 Å². The van der Waals surface area contributed by atoms with E-state index in [4.69, 9.17) is 4.74 Å². The molecule has 2 rings (SSSR count). The monoisotopic (exact) mass is 310 g/mol. The number of nitrogens with one attached hydrogen (secondary N) is 1. The van der Waals surface area contributed by atoms with Crippen molar-refractivity contribution < 1.29 is 4.74 Å². The summed E-state index contributed by atoms with van der Waals surface area (Å²) in [5, 5.41) is 3.05. The third-order valence-corrected chi connectivity index (χ3v) is 3.50. The second-order valence-electron chi connectivity index (χ2n) is 4.22. The number of H-pyrrole nitrogens is 1. The third-order valence-electron chi connectivity index (χ3n) is 2.68. The summed E-state index contributed by atoms with van der Waals surface area (Å²) in [6.45, 7) is 2.95. The van der Waals surface area contributed by atoms with Crippen molar-refractivity contribution in [3.63, 3.8) is 0 Å². The lowest BCUT2D eigenvalue weighted by molar-refractivity contribution is 0.180. The molecule has 0 saturated carbocycles. The summed E-state index contributed by atoms with van der Waals surface area (Å²) < 4.78 is 7.15. The SMILES string of the molecule is COCc1[nH]n(Cc2cccc(C)c2)c(=O)c1Br. The van der Waals surface area contributed by atoms with Crippen LogP contribution in [0, 0.1) is 6.92 Å². The molecule has 1 heterocycles. The third kappa shape index (κ3) is 2.73. The number of halogens is 1. The van der Waals surface area contributed by atoms with Gasteiger partial charge >= 0.3 is 0 Å². The van der Waals surface area contributed by atoms with Crippen LogP contribution in [0.15, 0.2) is 33.5 Å². The molecule has 0 aliphatic heterocycles. The van der Waals surface area contributed by atoms with Crippen LogP contribution in [0.2, 0.25) is 0 Å². The maximum absolute atomic E-state index is 12.0. The number of aryl methyl sites for hydroxylation is 1. The van der Waals surface area contributed by atoms with Gasteiger partial charge in [-0.25, -0.2) is 4.68 Å². The molecule has 0 radical (unpaired) electrons. The standard InChI is InChI=1S/C13H15BrN2O2/c1-9-4-3-5-10(6-9)7-16-13(17)12(14)11(15-16)8-18-2/h3-6,15H,7-8H2,1-2H3. The van der Waals surface area contributed by atoms with Gasteiger partial charge in [0, 0.05) is 7.11 Å². The van der Waals surface area contributed by atoms with Gasteiger partial charge in [-0.05, 0) is 28.4 Å². The average molecular weight is 311 g/mol. The Labute approximate surface area is 114 Å². The van der Waals surface area contributed by atoms with Crippen molar-refractivity contribution >= 4 is 15.9 Å². The Hall–Kier alpha value is -1.33. The van der Waals surface area contributed by atoms with Crippen molar-refractivity contribution in [2.75, 3.05) is 7.11 Å². The maximum Gasteiger partial charge on any atom is 0.281 e. The van der Waals surface area contributed by atoms with E-state index < -0.39 is 0 Å². The van der Waals surface area contributed by atoms with Gasteiger partial charge < -0.3 is 4.74 Å². The van der Waals surface area contributed by atoms with Crippen LogP contribution >= 0.6 is 15.9 Å². The molecule has 5 heteroatoms. The molecule has 1 N–H and O–H groups in total. The zero-order valence-corrected chi connectivity index (χ0v) is 12.0. The van der Waals surface area contributed by atoms with Gasteiger partial charge in [-0.15, -0.1) is 0 Å². The minimum Gasteiger partial charge on any atom is -0.378 e. The Morgan fingerprint density at radius 3 is 2.89 bits per heavy atom. The number of methoxy groups -OCH3 is 1. The quantitative estimate of drug-likeness (QED) is 0.943. The van der Waals surface area contributed by atoms with Crippen molar-refractivity contribution in [1.82, 2.24) is 9.78 Å². The van der Waals surface area contributed by atoms with Crippen LogP contribution in [0.1, 0.15) is 16.8 Å². The molecule has 0 bridgehead atoms. The zero-order chi connectivity index (χ0) is 13.1. The summed E-state index contributed by atoms with van der Waals surface area (Å²) in [5.41, 5.74) is 2.97. The van der Waals surface area contributed by atoms with Crippen LogP contribution in [-0.4, -0.2) is 16.9 Å². The predicted octanol–water partition coefficient (Wildman–Crippen LogP) is 2.44. The Morgan fingerprint density at radius 1 is 1.44 bits per heavy atom. The van der Waals surface area contributed by atoms with E-state index in [-0.39, 0.29) is 5.56 Å². The van der Waals surface area contributed by atoms with Gasteiger partial charge in [-0.2, -0.15) is 0 Å². The molecule has 1 aromatic carbocycles. The summed E-state index contributed by atoms with van der Waals surface area (Å²) >= 11 is 3.29. The maximum atomic E-state index is 12.0. The predicted molar refractivity (Wildman–Crippen MR) is 73.7 cm³/mol. The van der Waals surface area contributed by atoms with Gasteiger partial charge in [0.1, 0.15) is 4.47 Å². The first-order chi connectivity index (χ1) is 8.61. The van der Waals surface area contributed by atoms with Crippen LogP contribution in [0.25, 0.3) is 0 Å². The van der Waals surface area contributed by atoms with Crippen LogP contribution < -0.4 is 5.56 Å². The largest absolute Gasteiger partial charge is 0.378 e. The van der Waals surface area contributed by atoms with E-state index in [1.165, 1.54) is 5.56 Å². The molecule has 4 nitrogen and oxygen atoms in total. The lowest BCUT2D eigenvalue weighted by atomic mass is 10.1. The smallest absolute Gasteiger partial charge is 0.281 e. The van der Waals surface area contributed by atoms with Crippen LogP contribution in [0.4, 0.5) is 0 Å². The molecule has 0 unspecified atom stereocenters. The minimum absolute atomic E-state index is 0.0662. The van der Waals surface area contributed by atoms with Crippen molar-refractivity contribution in [2.24, 2.45) is 0 Å². The Kier molecular flexibility index (Phi) is 4.04. The number of benzene rings is 1. The molecule has 2 aromatic rings. The molecular formula is C13H15BrN2O2. The van der Waals surface area contributed by atoms with Crippen LogP contribution in [0.3, 0.4) is 0 Å². The van der Waals surface area contributed by atoms with E-state index in [0.29, 0.717) is 17.6 Å². The number of rotatable bonds is 4. The van der Waals surface area contributed by atoms with E-state index in [1.54, 1.807) is 11.8 Å². The molecule has 0 amide bonds. The minimum atomic E-state index is -0.0662. The molecule has 96 valence electrons. The number of hydrogen-bond acceptors (Lipinski definition) is 2. The van der Waals surface area contributed by atoms with E-state index in [1.807, 2.05) is 25.1 Å². The topological polar surface area (TPSA) is 47.0 Å². The van der Waals surface area contributed by atoms with Crippen molar-refractivity contribution in [3.8, 4) is 0 Å². The number of aromatic amines is 1. The van der Waals surface area contributed by atoms with Gasteiger partial charge in [0.05, 0.1) is 18.8 Å². The lowest BCUT2D eigenvalue weighted by Gasteiger charge is -2.03. The van der Waals surface area contributed by atoms with Gasteiger partial charge in [0.25, 0.3) is 5.56 Å². The highest BCUT2D eigenvalue weighted by Gasteiger charge is 2.11. The second kappa shape index (κ2) is 5.54. The first-order valence-corrected chi connectivity index (χ1v) is 6.42. The van der Waals surface area contributed by atoms with Gasteiger partial charge in [0.15, 0.2) is 0 Å². The molecule has 18 heavy (non-hydrogen) atoms. The molecule has 0 aliphatic carbocycles. The molecule has 0 saturated heterocycles. The highest BCUT2D eigenvalue weighted by Crippen LogP contribution is 2.12. The van der Waals surface area contributed by atoms with E-state index in [2.05, 4.69) is 27.1 Å². The van der Waals surface area contributed by atoms with Gasteiger partial charge in [0.2, 0.25) is 0 Å². The second-order valence-corrected chi connectivity index (χ2v) is 5.01. The fourth-order valence-corrected chi connectivity index (χ4v) is 2.27. The van der Waals surface area contributed by atoms with Gasteiger partial charge in [-0.3, -0.25) is 9.89 Å². The highest BCUT2D eigenvalue weighted by molar-refractivity contribution is 9.10. The van der Waals surface area contributed by atoms with E-state index in [0.717, 1.165) is 11.3 Å². The summed E-state index contributed by atoms with van der Waals surface area (Å²) in [4.78, 5) is 12.0. The number of hydrogen-bond donors (Lipinski definition) is 1. The van der Waals surface area contributed by atoms with Crippen molar-refractivity contribution in [2.45, 2.75) is 20.1 Å². The lowest BCUT2D eigenvalue weighted by Crippen LogP contribution is -2.17. The summed E-state index contributed by atoms with van der Waals surface area (Å²) in [5.74, 6) is 0. The summed E-state index contributed by atoms with van der Waals surface area (Å²) in [7, 11) is 1.60. The van der Waals surface area contributed by atoms with Gasteiger partial charge in [-0.1, -0.05) is 29.8 Å². The zero-order valence-electron chi connectivity index (χ0n) is 10.4. The molecule has 0 fully saturated rings. The number of ether oxygens (including phenoxy) is 1. The Balaban J connectivity index is 2.29. The van der Waals surface area contributed by atoms with E-state index >= 15 is 0 Å². The molecule has 0 aliphatic rings. The normalized spacial score (nSPS) is 10.8. The number of aromatic nitrogens is 2. The van der Waals surface area contributed by atoms with Crippen LogP contribution in [-0.2, 0) is 17.9 Å². The fourth-order valence-electron chi connectivity index (χ4n) is 1.85. The Morgan fingerprint density at radius 2 is 2.22 bits per heavy atom. The molecular weight excluding hydrogens is 296 g/mol.